The van der Waals surface area contributed by atoms with E-state index in [4.69, 9.17) is 18.9 Å². The van der Waals surface area contributed by atoms with Gasteiger partial charge < -0.3 is 18.9 Å². The summed E-state index contributed by atoms with van der Waals surface area (Å²) in [7, 11) is 3.23. The highest BCUT2D eigenvalue weighted by atomic mass is 32.2. The van der Waals surface area contributed by atoms with E-state index in [9.17, 15) is 0 Å². The maximum atomic E-state index is 5.12. The lowest BCUT2D eigenvalue weighted by Gasteiger charge is -2.19. The highest BCUT2D eigenvalue weighted by Crippen LogP contribution is 2.42. The number of methoxy groups -OCH3 is 2. The van der Waals surface area contributed by atoms with E-state index in [-0.39, 0.29) is 5.79 Å². The van der Waals surface area contributed by atoms with Gasteiger partial charge in [0.1, 0.15) is 0 Å². The lowest BCUT2D eigenvalue weighted by Crippen LogP contribution is -2.24. The number of hydrogen-bond acceptors (Lipinski definition) is 6. The molecule has 0 N–H and O–H groups in total. The lowest BCUT2D eigenvalue weighted by atomic mass is 10.4. The fourth-order valence-electron chi connectivity index (χ4n) is 1.32. The molecule has 2 aliphatic heterocycles. The van der Waals surface area contributed by atoms with Gasteiger partial charge in [0.05, 0.1) is 17.3 Å². The van der Waals surface area contributed by atoms with Crippen LogP contribution in [-0.2, 0) is 18.9 Å². The molecule has 21 heavy (non-hydrogen) atoms. The maximum absolute atomic E-state index is 5.12. The van der Waals surface area contributed by atoms with Crippen LogP contribution in [0.2, 0.25) is 0 Å². The Morgan fingerprint density at radius 1 is 0.857 bits per heavy atom. The van der Waals surface area contributed by atoms with Crippen LogP contribution in [0.15, 0.2) is 0 Å². The van der Waals surface area contributed by atoms with Crippen molar-refractivity contribution < 1.29 is 18.9 Å². The van der Waals surface area contributed by atoms with Crippen molar-refractivity contribution in [2.45, 2.75) is 57.2 Å². The Morgan fingerprint density at radius 3 is 1.33 bits per heavy atom. The Bertz CT molecular complexity index is 236. The molecule has 128 valence electrons. The van der Waals surface area contributed by atoms with Gasteiger partial charge in [0.15, 0.2) is 11.6 Å². The highest BCUT2D eigenvalue weighted by Gasteiger charge is 2.24. The van der Waals surface area contributed by atoms with Gasteiger partial charge in [0, 0.05) is 25.7 Å². The average molecular weight is 341 g/mol. The van der Waals surface area contributed by atoms with Crippen molar-refractivity contribution in [1.82, 2.24) is 0 Å². The fraction of sp³-hybridized carbons (Fsp3) is 1.00. The number of thioether (sulfide) groups is 2. The van der Waals surface area contributed by atoms with Crippen molar-refractivity contribution in [3.63, 3.8) is 0 Å². The van der Waals surface area contributed by atoms with E-state index >= 15 is 0 Å². The highest BCUT2D eigenvalue weighted by molar-refractivity contribution is 8.21. The lowest BCUT2D eigenvalue weighted by molar-refractivity contribution is -0.178. The molecular weight excluding hydrogens is 308 g/mol. The second-order valence-corrected chi connectivity index (χ2v) is 9.70. The van der Waals surface area contributed by atoms with Crippen molar-refractivity contribution in [3.8, 4) is 0 Å². The molecule has 6 heteroatoms. The molecular formula is C15H32O4S2. The van der Waals surface area contributed by atoms with E-state index in [1.54, 1.807) is 14.2 Å². The predicted octanol–water partition coefficient (Wildman–Crippen LogP) is 3.99. The van der Waals surface area contributed by atoms with Crippen molar-refractivity contribution in [3.05, 3.63) is 0 Å². The second kappa shape index (κ2) is 9.63. The van der Waals surface area contributed by atoms with Crippen molar-refractivity contribution >= 4 is 23.5 Å². The normalized spacial score (nSPS) is 22.9. The van der Waals surface area contributed by atoms with E-state index in [0.29, 0.717) is 4.08 Å². The Kier molecular flexibility index (Phi) is 9.88. The SMILES string of the molecule is CC1(C)OCCO1.CC1(C)SCCS1.COC(C)(C)OC. The van der Waals surface area contributed by atoms with Gasteiger partial charge in [-0.3, -0.25) is 0 Å². The van der Waals surface area contributed by atoms with Crippen molar-refractivity contribution in [2.24, 2.45) is 0 Å². The maximum Gasteiger partial charge on any atom is 0.162 e. The van der Waals surface area contributed by atoms with Gasteiger partial charge in [-0.15, -0.1) is 23.5 Å². The minimum atomic E-state index is -0.417. The van der Waals surface area contributed by atoms with Crippen LogP contribution in [0, 0.1) is 0 Å². The smallest absolute Gasteiger partial charge is 0.162 e. The first kappa shape index (κ1) is 21.5. The third-order valence-corrected chi connectivity index (χ3v) is 6.12. The molecule has 0 atom stereocenters. The summed E-state index contributed by atoms with van der Waals surface area (Å²) in [6.45, 7) is 13.6. The van der Waals surface area contributed by atoms with Gasteiger partial charge in [-0.05, 0) is 41.5 Å². The number of hydrogen-bond donors (Lipinski definition) is 0. The summed E-state index contributed by atoms with van der Waals surface area (Å²) < 4.78 is 20.5. The van der Waals surface area contributed by atoms with Crippen LogP contribution in [-0.4, -0.2) is 54.6 Å². The summed E-state index contributed by atoms with van der Waals surface area (Å²) in [5.74, 6) is 1.97. The summed E-state index contributed by atoms with van der Waals surface area (Å²) in [4.78, 5) is 0. The van der Waals surface area contributed by atoms with Gasteiger partial charge in [0.2, 0.25) is 0 Å². The first-order valence-electron chi connectivity index (χ1n) is 7.20. The van der Waals surface area contributed by atoms with E-state index in [2.05, 4.69) is 37.4 Å². The summed E-state index contributed by atoms with van der Waals surface area (Å²) in [6, 6.07) is 0. The molecule has 2 aliphatic rings. The monoisotopic (exact) mass is 340 g/mol. The largest absolute Gasteiger partial charge is 0.354 e. The fourth-order valence-corrected chi connectivity index (χ4v) is 3.80. The second-order valence-electron chi connectivity index (χ2n) is 6.00. The van der Waals surface area contributed by atoms with Gasteiger partial charge in [0.25, 0.3) is 0 Å². The van der Waals surface area contributed by atoms with Crippen LogP contribution >= 0.6 is 23.5 Å². The van der Waals surface area contributed by atoms with E-state index in [0.717, 1.165) is 13.2 Å². The summed E-state index contributed by atoms with van der Waals surface area (Å²) in [5, 5.41) is 0. The van der Waals surface area contributed by atoms with Crippen LogP contribution < -0.4 is 0 Å². The molecule has 2 heterocycles. The molecule has 0 spiro atoms. The Hall–Kier alpha value is 0.540. The zero-order valence-electron chi connectivity index (χ0n) is 14.8. The van der Waals surface area contributed by atoms with Crippen molar-refractivity contribution in [2.75, 3.05) is 38.9 Å². The van der Waals surface area contributed by atoms with E-state index < -0.39 is 5.79 Å². The molecule has 2 rings (SSSR count). The third-order valence-electron chi connectivity index (χ3n) is 2.95. The third kappa shape index (κ3) is 11.7. The van der Waals surface area contributed by atoms with Gasteiger partial charge in [-0.2, -0.15) is 0 Å². The predicted molar refractivity (Wildman–Crippen MR) is 93.1 cm³/mol. The van der Waals surface area contributed by atoms with Crippen LogP contribution in [0.4, 0.5) is 0 Å². The van der Waals surface area contributed by atoms with Gasteiger partial charge in [-0.1, -0.05) is 0 Å². The Morgan fingerprint density at radius 2 is 1.24 bits per heavy atom. The molecule has 0 aliphatic carbocycles. The van der Waals surface area contributed by atoms with E-state index in [1.807, 2.05) is 27.7 Å². The molecule has 4 nitrogen and oxygen atoms in total. The van der Waals surface area contributed by atoms with Crippen LogP contribution in [0.5, 0.6) is 0 Å². The number of rotatable bonds is 2. The summed E-state index contributed by atoms with van der Waals surface area (Å²) in [6.07, 6.45) is 0. The van der Waals surface area contributed by atoms with Gasteiger partial charge in [-0.25, -0.2) is 0 Å². The molecule has 0 aromatic heterocycles. The zero-order valence-corrected chi connectivity index (χ0v) is 16.4. The molecule has 2 fully saturated rings. The average Bonchev–Trinajstić information content (AvgIpc) is 2.98. The van der Waals surface area contributed by atoms with E-state index in [1.165, 1.54) is 11.5 Å². The first-order valence-corrected chi connectivity index (χ1v) is 9.17. The quantitative estimate of drug-likeness (QED) is 0.708. The van der Waals surface area contributed by atoms with Gasteiger partial charge >= 0.3 is 0 Å². The zero-order chi connectivity index (χ0) is 16.6. The molecule has 0 bridgehead atoms. The van der Waals surface area contributed by atoms with Crippen LogP contribution in [0.3, 0.4) is 0 Å². The Balaban J connectivity index is 0.000000286. The topological polar surface area (TPSA) is 36.9 Å². The summed E-state index contributed by atoms with van der Waals surface area (Å²) in [5.41, 5.74) is 0. The van der Waals surface area contributed by atoms with Crippen LogP contribution in [0.1, 0.15) is 41.5 Å². The molecule has 0 amide bonds. The molecule has 0 aromatic carbocycles. The molecule has 0 saturated carbocycles. The first-order chi connectivity index (χ1) is 9.54. The minimum absolute atomic E-state index is 0.306. The van der Waals surface area contributed by atoms with Crippen LogP contribution in [0.25, 0.3) is 0 Å². The molecule has 0 unspecified atom stereocenters. The Labute approximate surface area is 139 Å². The molecule has 2 saturated heterocycles. The number of ether oxygens (including phenoxy) is 4. The van der Waals surface area contributed by atoms with Crippen molar-refractivity contribution in [1.29, 1.82) is 0 Å². The molecule has 0 aromatic rings. The minimum Gasteiger partial charge on any atom is -0.354 e. The standard InChI is InChI=1S/C5H10O2.C5H12O2.C5H10S2/c1-5(2)6-3-4-7-5;1-5(2,6-3)7-4;1-5(2)6-3-4-7-5/h3-4H2,1-2H3;1-4H3;3-4H2,1-2H3. The summed E-state index contributed by atoms with van der Waals surface area (Å²) >= 11 is 4.12. The molecule has 0 radical (unpaired) electrons.